The van der Waals surface area contributed by atoms with E-state index in [4.69, 9.17) is 41.5 Å². The third kappa shape index (κ3) is 5.10. The minimum Gasteiger partial charge on any atom is -0.488 e. The van der Waals surface area contributed by atoms with Gasteiger partial charge in [0.2, 0.25) is 5.91 Å². The molecule has 2 fully saturated rings. The summed E-state index contributed by atoms with van der Waals surface area (Å²) in [4.78, 5) is 25.4. The average molecular weight is 504 g/mol. The van der Waals surface area contributed by atoms with Gasteiger partial charge in [-0.2, -0.15) is 0 Å². The number of hydrogen-bond donors (Lipinski definition) is 1. The Balaban J connectivity index is 1.19. The molecule has 0 spiro atoms. The van der Waals surface area contributed by atoms with E-state index in [1.807, 2.05) is 18.2 Å². The first kappa shape index (κ1) is 22.9. The van der Waals surface area contributed by atoms with Gasteiger partial charge in [0.1, 0.15) is 28.9 Å². The minimum absolute atomic E-state index is 0.0104. The van der Waals surface area contributed by atoms with Gasteiger partial charge in [-0.3, -0.25) is 9.59 Å². The Morgan fingerprint density at radius 1 is 0.971 bits per heavy atom. The number of hydrogen-bond acceptors (Lipinski definition) is 6. The quantitative estimate of drug-likeness (QED) is 0.382. The van der Waals surface area contributed by atoms with E-state index in [1.165, 1.54) is 0 Å². The molecule has 2 heterocycles. The van der Waals surface area contributed by atoms with Crippen molar-refractivity contribution in [2.75, 3.05) is 13.2 Å². The second-order valence-corrected chi connectivity index (χ2v) is 9.38. The molecule has 9 heteroatoms. The first-order valence-electron chi connectivity index (χ1n) is 11.1. The minimum atomic E-state index is -0.704. The summed E-state index contributed by atoms with van der Waals surface area (Å²) in [5.41, 5.74) is 0. The van der Waals surface area contributed by atoms with Crippen LogP contribution in [-0.4, -0.2) is 31.1 Å². The van der Waals surface area contributed by atoms with Crippen LogP contribution in [0, 0.1) is 11.8 Å². The van der Waals surface area contributed by atoms with E-state index in [0.717, 1.165) is 17.9 Å². The van der Waals surface area contributed by atoms with Crippen molar-refractivity contribution in [3.63, 3.8) is 0 Å². The zero-order valence-corrected chi connectivity index (χ0v) is 19.6. The van der Waals surface area contributed by atoms with Crippen LogP contribution in [0.15, 0.2) is 63.8 Å². The van der Waals surface area contributed by atoms with E-state index in [0.29, 0.717) is 17.2 Å². The predicted octanol–water partition coefficient (Wildman–Crippen LogP) is 5.19. The molecule has 0 aliphatic heterocycles. The maximum absolute atomic E-state index is 12.8. The van der Waals surface area contributed by atoms with Crippen molar-refractivity contribution in [1.82, 2.24) is 5.32 Å². The highest BCUT2D eigenvalue weighted by atomic mass is 35.5. The van der Waals surface area contributed by atoms with Gasteiger partial charge in [-0.05, 0) is 49.2 Å². The van der Waals surface area contributed by atoms with E-state index >= 15 is 0 Å². The lowest BCUT2D eigenvalue weighted by Crippen LogP contribution is -2.39. The molecule has 1 amide bonds. The molecule has 5 rings (SSSR count). The topological polar surface area (TPSA) is 90.9 Å². The summed E-state index contributed by atoms with van der Waals surface area (Å²) < 4.78 is 22.3. The zero-order valence-electron chi connectivity index (χ0n) is 18.1. The number of benzene rings is 1. The lowest BCUT2D eigenvalue weighted by atomic mass is 10.2. The molecule has 3 aromatic rings. The Morgan fingerprint density at radius 3 is 2.32 bits per heavy atom. The molecule has 2 aromatic heterocycles. The fourth-order valence-corrected chi connectivity index (χ4v) is 4.43. The number of halogens is 2. The standard InChI is InChI=1S/C25H23Cl2NO6/c26-19-4-1-5-22(23(19)27)33-13-14(34-25(30)18-11-16(18)21-7-3-9-32-21)12-28-24(29)17-10-15(17)20-6-2-8-31-20/h1-9,14-18H,10-13H2,(H,28,29). The molecule has 34 heavy (non-hydrogen) atoms. The first-order valence-corrected chi connectivity index (χ1v) is 11.9. The van der Waals surface area contributed by atoms with Crippen LogP contribution in [0.3, 0.4) is 0 Å². The Bertz CT molecular complexity index is 1150. The highest BCUT2D eigenvalue weighted by molar-refractivity contribution is 6.42. The third-order valence-electron chi connectivity index (χ3n) is 6.17. The highest BCUT2D eigenvalue weighted by Gasteiger charge is 2.48. The van der Waals surface area contributed by atoms with Gasteiger partial charge in [-0.25, -0.2) is 0 Å². The lowest BCUT2D eigenvalue weighted by molar-refractivity contribution is -0.152. The normalized spacial score (nSPS) is 23.7. The van der Waals surface area contributed by atoms with Crippen molar-refractivity contribution in [1.29, 1.82) is 0 Å². The number of rotatable bonds is 10. The number of nitrogens with one attached hydrogen (secondary N) is 1. The average Bonchev–Trinajstić information content (AvgIpc) is 3.68. The molecule has 0 bridgehead atoms. The second kappa shape index (κ2) is 9.76. The molecule has 0 radical (unpaired) electrons. The summed E-state index contributed by atoms with van der Waals surface area (Å²) in [6, 6.07) is 12.4. The summed E-state index contributed by atoms with van der Waals surface area (Å²) in [5, 5.41) is 3.52. The van der Waals surface area contributed by atoms with E-state index in [2.05, 4.69) is 5.32 Å². The molecule has 0 saturated heterocycles. The van der Waals surface area contributed by atoms with Gasteiger partial charge in [0.05, 0.1) is 30.0 Å². The summed E-state index contributed by atoms with van der Waals surface area (Å²) >= 11 is 12.3. The molecule has 2 aliphatic carbocycles. The molecule has 2 saturated carbocycles. The molecular weight excluding hydrogens is 481 g/mol. The van der Waals surface area contributed by atoms with Crippen molar-refractivity contribution >= 4 is 35.1 Å². The Kier molecular flexibility index (Phi) is 6.57. The van der Waals surface area contributed by atoms with E-state index < -0.39 is 6.10 Å². The van der Waals surface area contributed by atoms with E-state index in [-0.39, 0.29) is 53.7 Å². The summed E-state index contributed by atoms with van der Waals surface area (Å²) in [6.07, 6.45) is 3.88. The van der Waals surface area contributed by atoms with Gasteiger partial charge in [-0.15, -0.1) is 0 Å². The van der Waals surface area contributed by atoms with E-state index in [9.17, 15) is 9.59 Å². The molecular formula is C25H23Cl2NO6. The van der Waals surface area contributed by atoms with E-state index in [1.54, 1.807) is 36.8 Å². The van der Waals surface area contributed by atoms with Gasteiger partial charge in [0, 0.05) is 17.8 Å². The van der Waals surface area contributed by atoms with Crippen molar-refractivity contribution in [2.24, 2.45) is 11.8 Å². The first-order chi connectivity index (χ1) is 16.5. The Morgan fingerprint density at radius 2 is 1.65 bits per heavy atom. The summed E-state index contributed by atoms with van der Waals surface area (Å²) in [7, 11) is 0. The van der Waals surface area contributed by atoms with Crippen molar-refractivity contribution in [3.8, 4) is 5.75 Å². The van der Waals surface area contributed by atoms with Crippen LogP contribution in [0.5, 0.6) is 5.75 Å². The Hall–Kier alpha value is -2.90. The van der Waals surface area contributed by atoms with Gasteiger partial charge in [0.15, 0.2) is 6.10 Å². The largest absolute Gasteiger partial charge is 0.488 e. The zero-order chi connectivity index (χ0) is 23.7. The number of amides is 1. The Labute approximate surface area is 206 Å². The predicted molar refractivity (Wildman–Crippen MR) is 124 cm³/mol. The fraction of sp³-hybridized carbons (Fsp3) is 0.360. The smallest absolute Gasteiger partial charge is 0.310 e. The summed E-state index contributed by atoms with van der Waals surface area (Å²) in [5.74, 6) is 1.17. The SMILES string of the molecule is O=C(NCC(COc1cccc(Cl)c1Cl)OC(=O)C1CC1c1ccco1)C1CC1c1ccco1. The molecule has 1 N–H and O–H groups in total. The van der Waals surface area contributed by atoms with Crippen LogP contribution in [0.25, 0.3) is 0 Å². The molecule has 5 atom stereocenters. The third-order valence-corrected chi connectivity index (χ3v) is 6.97. The number of ether oxygens (including phenoxy) is 2. The molecule has 2 aliphatic rings. The lowest BCUT2D eigenvalue weighted by Gasteiger charge is -2.20. The highest BCUT2D eigenvalue weighted by Crippen LogP contribution is 2.49. The number of carbonyl (C=O) groups excluding carboxylic acids is 2. The second-order valence-electron chi connectivity index (χ2n) is 8.60. The van der Waals surface area contributed by atoms with Gasteiger partial charge >= 0.3 is 5.97 Å². The van der Waals surface area contributed by atoms with Crippen LogP contribution < -0.4 is 10.1 Å². The number of carbonyl (C=O) groups is 2. The van der Waals surface area contributed by atoms with Gasteiger partial charge < -0.3 is 23.6 Å². The molecule has 5 unspecified atom stereocenters. The molecule has 1 aromatic carbocycles. The van der Waals surface area contributed by atoms with Crippen LogP contribution >= 0.6 is 23.2 Å². The van der Waals surface area contributed by atoms with Gasteiger partial charge in [0.25, 0.3) is 0 Å². The van der Waals surface area contributed by atoms with Crippen LogP contribution in [0.4, 0.5) is 0 Å². The fourth-order valence-electron chi connectivity index (χ4n) is 4.08. The summed E-state index contributed by atoms with van der Waals surface area (Å²) in [6.45, 7) is 0.124. The van der Waals surface area contributed by atoms with Crippen molar-refractivity contribution in [3.05, 3.63) is 76.6 Å². The number of furan rings is 2. The maximum Gasteiger partial charge on any atom is 0.310 e. The maximum atomic E-state index is 12.8. The van der Waals surface area contributed by atoms with Crippen molar-refractivity contribution < 1.29 is 27.9 Å². The van der Waals surface area contributed by atoms with Crippen LogP contribution in [-0.2, 0) is 14.3 Å². The van der Waals surface area contributed by atoms with Crippen molar-refractivity contribution in [2.45, 2.75) is 30.8 Å². The van der Waals surface area contributed by atoms with Crippen LogP contribution in [0.2, 0.25) is 10.0 Å². The molecule has 178 valence electrons. The van der Waals surface area contributed by atoms with Crippen LogP contribution in [0.1, 0.15) is 36.2 Å². The van der Waals surface area contributed by atoms with Gasteiger partial charge in [-0.1, -0.05) is 29.3 Å². The molecule has 7 nitrogen and oxygen atoms in total. The monoisotopic (exact) mass is 503 g/mol. The number of esters is 1.